The molecule has 0 amide bonds. The lowest BCUT2D eigenvalue weighted by molar-refractivity contribution is 0.113. The Morgan fingerprint density at radius 2 is 1.95 bits per heavy atom. The molecule has 0 heterocycles. The highest BCUT2D eigenvalue weighted by Crippen LogP contribution is 2.35. The van der Waals surface area contributed by atoms with Crippen molar-refractivity contribution in [3.63, 3.8) is 0 Å². The van der Waals surface area contributed by atoms with Crippen LogP contribution in [0.4, 0.5) is 0 Å². The summed E-state index contributed by atoms with van der Waals surface area (Å²) in [7, 11) is 2.19. The van der Waals surface area contributed by atoms with Crippen LogP contribution in [0.25, 0.3) is 0 Å². The van der Waals surface area contributed by atoms with Gasteiger partial charge in [0.05, 0.1) is 0 Å². The van der Waals surface area contributed by atoms with E-state index < -0.39 is 0 Å². The van der Waals surface area contributed by atoms with E-state index in [4.69, 9.17) is 17.3 Å². The Labute approximate surface area is 134 Å². The number of benzene rings is 1. The molecule has 1 aliphatic rings. The average Bonchev–Trinajstić information content (AvgIpc) is 2.42. The van der Waals surface area contributed by atoms with Crippen LogP contribution in [0.3, 0.4) is 0 Å². The summed E-state index contributed by atoms with van der Waals surface area (Å²) in [5.74, 6) is 2.04. The van der Waals surface area contributed by atoms with E-state index in [-0.39, 0.29) is 0 Å². The maximum Gasteiger partial charge on any atom is 0.0453 e. The lowest BCUT2D eigenvalue weighted by Crippen LogP contribution is -2.46. The van der Waals surface area contributed by atoms with E-state index in [2.05, 4.69) is 44.9 Å². The molecule has 2 rings (SSSR count). The monoisotopic (exact) mass is 308 g/mol. The molecule has 5 atom stereocenters. The molecule has 0 bridgehead atoms. The molecule has 0 saturated heterocycles. The van der Waals surface area contributed by atoms with E-state index in [0.717, 1.165) is 23.9 Å². The molecule has 0 spiro atoms. The Hall–Kier alpha value is -0.570. The van der Waals surface area contributed by atoms with Gasteiger partial charge < -0.3 is 5.73 Å². The third-order valence-corrected chi connectivity index (χ3v) is 5.59. The Morgan fingerprint density at radius 1 is 1.29 bits per heavy atom. The number of hydrogen-bond donors (Lipinski definition) is 1. The van der Waals surface area contributed by atoms with Crippen LogP contribution in [-0.2, 0) is 0 Å². The van der Waals surface area contributed by atoms with Gasteiger partial charge in [-0.25, -0.2) is 0 Å². The third-order valence-electron chi connectivity index (χ3n) is 5.24. The van der Waals surface area contributed by atoms with E-state index in [9.17, 15) is 0 Å². The first-order valence-electron chi connectivity index (χ1n) is 8.10. The number of halogens is 1. The molecule has 2 nitrogen and oxygen atoms in total. The van der Waals surface area contributed by atoms with Gasteiger partial charge in [0.15, 0.2) is 0 Å². The van der Waals surface area contributed by atoms with Crippen molar-refractivity contribution in [1.29, 1.82) is 0 Å². The normalized spacial score (nSPS) is 31.4. The summed E-state index contributed by atoms with van der Waals surface area (Å²) in [6.07, 6.45) is 2.45. The van der Waals surface area contributed by atoms with E-state index in [0.29, 0.717) is 23.9 Å². The molecule has 1 fully saturated rings. The molecule has 3 heteroatoms. The van der Waals surface area contributed by atoms with Crippen molar-refractivity contribution in [3.8, 4) is 0 Å². The summed E-state index contributed by atoms with van der Waals surface area (Å²) in [6, 6.07) is 8.77. The van der Waals surface area contributed by atoms with E-state index in [1.165, 1.54) is 12.0 Å². The maximum absolute atomic E-state index is 6.42. The Balaban J connectivity index is 2.03. The van der Waals surface area contributed by atoms with Crippen LogP contribution in [0, 0.1) is 17.8 Å². The quantitative estimate of drug-likeness (QED) is 0.896. The summed E-state index contributed by atoms with van der Waals surface area (Å²) in [5.41, 5.74) is 7.63. The minimum absolute atomic E-state index is 0.317. The van der Waals surface area contributed by atoms with Crippen LogP contribution < -0.4 is 5.73 Å². The van der Waals surface area contributed by atoms with Crippen molar-refractivity contribution in [2.75, 3.05) is 13.6 Å². The van der Waals surface area contributed by atoms with E-state index in [1.807, 2.05) is 12.1 Å². The van der Waals surface area contributed by atoms with Gasteiger partial charge in [-0.3, -0.25) is 4.90 Å². The summed E-state index contributed by atoms with van der Waals surface area (Å²) < 4.78 is 0. The highest BCUT2D eigenvalue weighted by Gasteiger charge is 2.33. The minimum atomic E-state index is 0.317. The van der Waals surface area contributed by atoms with Gasteiger partial charge in [-0.05, 0) is 56.2 Å². The lowest BCUT2D eigenvalue weighted by Gasteiger charge is -2.41. The lowest BCUT2D eigenvalue weighted by atomic mass is 9.72. The van der Waals surface area contributed by atoms with E-state index >= 15 is 0 Å². The topological polar surface area (TPSA) is 29.3 Å². The van der Waals surface area contributed by atoms with Gasteiger partial charge in [-0.2, -0.15) is 0 Å². The number of nitrogens with zero attached hydrogens (tertiary/aromatic N) is 1. The molecule has 2 N–H and O–H groups in total. The van der Waals surface area contributed by atoms with Gasteiger partial charge in [0.25, 0.3) is 0 Å². The zero-order valence-corrected chi connectivity index (χ0v) is 14.5. The first-order valence-corrected chi connectivity index (χ1v) is 8.48. The van der Waals surface area contributed by atoms with Crippen LogP contribution in [-0.4, -0.2) is 24.5 Å². The fourth-order valence-electron chi connectivity index (χ4n) is 3.82. The molecule has 21 heavy (non-hydrogen) atoms. The molecular formula is C18H29ClN2. The molecule has 5 unspecified atom stereocenters. The van der Waals surface area contributed by atoms with Gasteiger partial charge in [0.2, 0.25) is 0 Å². The largest absolute Gasteiger partial charge is 0.327 e. The smallest absolute Gasteiger partial charge is 0.0453 e. The van der Waals surface area contributed by atoms with Crippen LogP contribution in [0.5, 0.6) is 0 Å². The molecule has 0 aliphatic heterocycles. The second-order valence-electron chi connectivity index (χ2n) is 7.02. The van der Waals surface area contributed by atoms with Crippen molar-refractivity contribution in [3.05, 3.63) is 34.9 Å². The van der Waals surface area contributed by atoms with Gasteiger partial charge in [-0.15, -0.1) is 0 Å². The predicted octanol–water partition coefficient (Wildman–Crippen LogP) is 4.34. The molecule has 1 saturated carbocycles. The predicted molar refractivity (Wildman–Crippen MR) is 91.5 cm³/mol. The highest BCUT2D eigenvalue weighted by molar-refractivity contribution is 6.31. The number of nitrogens with two attached hydrogens (primary N) is 1. The summed E-state index contributed by atoms with van der Waals surface area (Å²) in [5, 5.41) is 0.853. The Kier molecular flexibility index (Phi) is 5.70. The first kappa shape index (κ1) is 16.8. The SMILES string of the molecule is CC1CC(C)C(CN(C)C(C)c2ccccc2Cl)C(N)C1. The van der Waals surface area contributed by atoms with Crippen LogP contribution in [0.15, 0.2) is 24.3 Å². The van der Waals surface area contributed by atoms with Crippen molar-refractivity contribution >= 4 is 11.6 Å². The minimum Gasteiger partial charge on any atom is -0.327 e. The molecule has 1 aliphatic carbocycles. The molecule has 0 aromatic heterocycles. The molecule has 0 radical (unpaired) electrons. The average molecular weight is 309 g/mol. The Bertz CT molecular complexity index is 450. The molecule has 1 aromatic rings. The molecule has 1 aromatic carbocycles. The van der Waals surface area contributed by atoms with Crippen LogP contribution >= 0.6 is 11.6 Å². The van der Waals surface area contributed by atoms with Crippen molar-refractivity contribution in [1.82, 2.24) is 4.90 Å². The molecular weight excluding hydrogens is 280 g/mol. The molecule has 118 valence electrons. The second kappa shape index (κ2) is 7.13. The van der Waals surface area contributed by atoms with Gasteiger partial charge >= 0.3 is 0 Å². The fourth-order valence-corrected chi connectivity index (χ4v) is 4.12. The Morgan fingerprint density at radius 3 is 2.57 bits per heavy atom. The third kappa shape index (κ3) is 4.00. The summed E-state index contributed by atoms with van der Waals surface area (Å²) in [6.45, 7) is 7.95. The zero-order valence-electron chi connectivity index (χ0n) is 13.7. The highest BCUT2D eigenvalue weighted by atomic mass is 35.5. The number of hydrogen-bond acceptors (Lipinski definition) is 2. The van der Waals surface area contributed by atoms with Crippen molar-refractivity contribution < 1.29 is 0 Å². The maximum atomic E-state index is 6.42. The fraction of sp³-hybridized carbons (Fsp3) is 0.667. The summed E-state index contributed by atoms with van der Waals surface area (Å²) >= 11 is 6.33. The van der Waals surface area contributed by atoms with Crippen molar-refractivity contribution in [2.45, 2.75) is 45.7 Å². The second-order valence-corrected chi connectivity index (χ2v) is 7.43. The number of rotatable bonds is 4. The van der Waals surface area contributed by atoms with Crippen LogP contribution in [0.2, 0.25) is 5.02 Å². The van der Waals surface area contributed by atoms with Gasteiger partial charge in [0.1, 0.15) is 0 Å². The standard InChI is InChI=1S/C18H29ClN2/c1-12-9-13(2)16(18(20)10-12)11-21(4)14(3)15-7-5-6-8-17(15)19/h5-8,12-14,16,18H,9-11,20H2,1-4H3. The van der Waals surface area contributed by atoms with Gasteiger partial charge in [-0.1, -0.05) is 43.6 Å². The zero-order chi connectivity index (χ0) is 15.6. The van der Waals surface area contributed by atoms with Gasteiger partial charge in [0, 0.05) is 23.7 Å². The summed E-state index contributed by atoms with van der Waals surface area (Å²) in [4.78, 5) is 2.40. The van der Waals surface area contributed by atoms with Crippen LogP contribution in [0.1, 0.15) is 45.2 Å². The van der Waals surface area contributed by atoms with E-state index in [1.54, 1.807) is 0 Å². The first-order chi connectivity index (χ1) is 9.90. The van der Waals surface area contributed by atoms with Crippen molar-refractivity contribution in [2.24, 2.45) is 23.5 Å².